The summed E-state index contributed by atoms with van der Waals surface area (Å²) in [5, 5.41) is 11.0. The molecule has 2 atom stereocenters. The Kier molecular flexibility index (Phi) is 4.21. The molecule has 6 heteroatoms. The van der Waals surface area contributed by atoms with Crippen LogP contribution in [-0.4, -0.2) is 40.6 Å². The molecule has 4 N–H and O–H groups in total. The summed E-state index contributed by atoms with van der Waals surface area (Å²) in [5.74, 6) is -0.387. The van der Waals surface area contributed by atoms with Crippen molar-refractivity contribution in [1.82, 2.24) is 5.32 Å². The lowest BCUT2D eigenvalue weighted by Gasteiger charge is -2.09. The zero-order valence-corrected chi connectivity index (χ0v) is 8.55. The number of nitrogens with two attached hydrogens (primary N) is 1. The van der Waals surface area contributed by atoms with Crippen molar-refractivity contribution in [2.75, 3.05) is 12.3 Å². The lowest BCUT2D eigenvalue weighted by molar-refractivity contribution is -0.136. The highest BCUT2D eigenvalue weighted by Gasteiger charge is 2.22. The van der Waals surface area contributed by atoms with Crippen LogP contribution in [0.1, 0.15) is 12.8 Å². The van der Waals surface area contributed by atoms with Crippen molar-refractivity contribution in [3.63, 3.8) is 0 Å². The molecule has 0 saturated carbocycles. The van der Waals surface area contributed by atoms with Crippen LogP contribution in [0.5, 0.6) is 0 Å². The van der Waals surface area contributed by atoms with Crippen LogP contribution in [0.2, 0.25) is 0 Å². The number of carbonyl (C=O) groups is 2. The number of thioether (sulfide) groups is 1. The quantitative estimate of drug-likeness (QED) is 0.547. The van der Waals surface area contributed by atoms with Crippen molar-refractivity contribution >= 4 is 23.6 Å². The van der Waals surface area contributed by atoms with Crippen molar-refractivity contribution in [3.05, 3.63) is 0 Å². The van der Waals surface area contributed by atoms with Crippen molar-refractivity contribution in [1.29, 1.82) is 0 Å². The standard InChI is InChI=1S/C8H14N2O3S/c9-5-2-4-14-6(8(12)13)1-3-10-7(5)11/h5-6H,1-4,9H2,(H,10,11)(H,12,13). The topological polar surface area (TPSA) is 92.4 Å². The maximum Gasteiger partial charge on any atom is 0.316 e. The third-order valence-corrected chi connectivity index (χ3v) is 3.38. The molecule has 0 bridgehead atoms. The highest BCUT2D eigenvalue weighted by atomic mass is 32.2. The number of carboxylic acid groups (broad SMARTS) is 1. The van der Waals surface area contributed by atoms with Gasteiger partial charge in [-0.25, -0.2) is 0 Å². The molecule has 0 aromatic heterocycles. The van der Waals surface area contributed by atoms with Gasteiger partial charge in [0.2, 0.25) is 5.91 Å². The first-order valence-corrected chi connectivity index (χ1v) is 5.54. The van der Waals surface area contributed by atoms with Crippen molar-refractivity contribution in [3.8, 4) is 0 Å². The smallest absolute Gasteiger partial charge is 0.316 e. The average Bonchev–Trinajstić information content (AvgIpc) is 2.20. The maximum atomic E-state index is 11.2. The predicted octanol–water partition coefficient (Wildman–Crippen LogP) is -0.590. The minimum absolute atomic E-state index is 0.184. The van der Waals surface area contributed by atoms with Gasteiger partial charge in [0.1, 0.15) is 5.25 Å². The summed E-state index contributed by atoms with van der Waals surface area (Å²) in [4.78, 5) is 21.9. The van der Waals surface area contributed by atoms with E-state index < -0.39 is 17.3 Å². The third-order valence-electron chi connectivity index (χ3n) is 2.07. The lowest BCUT2D eigenvalue weighted by atomic mass is 10.2. The molecular weight excluding hydrogens is 204 g/mol. The SMILES string of the molecule is NC1CCSC(C(=O)O)CCNC1=O. The number of nitrogens with one attached hydrogen (secondary N) is 1. The van der Waals surface area contributed by atoms with Gasteiger partial charge in [-0.05, 0) is 18.6 Å². The van der Waals surface area contributed by atoms with Gasteiger partial charge in [-0.3, -0.25) is 9.59 Å². The second kappa shape index (κ2) is 5.21. The molecule has 1 amide bonds. The molecule has 0 radical (unpaired) electrons. The van der Waals surface area contributed by atoms with Gasteiger partial charge in [0.25, 0.3) is 0 Å². The summed E-state index contributed by atoms with van der Waals surface area (Å²) < 4.78 is 0. The van der Waals surface area contributed by atoms with E-state index in [0.717, 1.165) is 0 Å². The molecule has 2 unspecified atom stereocenters. The summed E-state index contributed by atoms with van der Waals surface area (Å²) in [6.07, 6.45) is 0.985. The molecule has 1 aliphatic heterocycles. The van der Waals surface area contributed by atoms with Gasteiger partial charge in [-0.15, -0.1) is 11.8 Å². The summed E-state index contributed by atoms with van der Waals surface area (Å²) in [6, 6.07) is -0.505. The predicted molar refractivity (Wildman–Crippen MR) is 54.1 cm³/mol. The van der Waals surface area contributed by atoms with Crippen LogP contribution in [0.3, 0.4) is 0 Å². The van der Waals surface area contributed by atoms with Gasteiger partial charge >= 0.3 is 5.97 Å². The zero-order valence-electron chi connectivity index (χ0n) is 7.73. The van der Waals surface area contributed by atoms with Crippen LogP contribution in [0.15, 0.2) is 0 Å². The Morgan fingerprint density at radius 1 is 1.57 bits per heavy atom. The first kappa shape index (κ1) is 11.3. The molecule has 1 heterocycles. The fourth-order valence-corrected chi connectivity index (χ4v) is 2.31. The first-order valence-electron chi connectivity index (χ1n) is 4.49. The molecule has 0 aromatic rings. The Morgan fingerprint density at radius 3 is 2.93 bits per heavy atom. The van der Waals surface area contributed by atoms with Crippen LogP contribution in [0.4, 0.5) is 0 Å². The maximum absolute atomic E-state index is 11.2. The fourth-order valence-electron chi connectivity index (χ4n) is 1.20. The minimum atomic E-state index is -0.820. The summed E-state index contributed by atoms with van der Waals surface area (Å²) >= 11 is 1.35. The van der Waals surface area contributed by atoms with Gasteiger partial charge in [0.05, 0.1) is 6.04 Å². The third kappa shape index (κ3) is 3.19. The molecule has 0 aliphatic carbocycles. The van der Waals surface area contributed by atoms with E-state index in [-0.39, 0.29) is 5.91 Å². The molecule has 0 spiro atoms. The van der Waals surface area contributed by atoms with Crippen molar-refractivity contribution in [2.45, 2.75) is 24.1 Å². The van der Waals surface area contributed by atoms with E-state index in [0.29, 0.717) is 25.1 Å². The Morgan fingerprint density at radius 2 is 2.29 bits per heavy atom. The Bertz CT molecular complexity index is 235. The molecule has 1 aliphatic rings. The van der Waals surface area contributed by atoms with Gasteiger partial charge in [-0.1, -0.05) is 0 Å². The number of rotatable bonds is 1. The molecule has 1 saturated heterocycles. The van der Waals surface area contributed by atoms with Crippen LogP contribution in [-0.2, 0) is 9.59 Å². The summed E-state index contributed by atoms with van der Waals surface area (Å²) in [5.41, 5.74) is 5.57. The monoisotopic (exact) mass is 218 g/mol. The summed E-state index contributed by atoms with van der Waals surface area (Å²) in [7, 11) is 0. The zero-order chi connectivity index (χ0) is 10.6. The second-order valence-corrected chi connectivity index (χ2v) is 4.48. The lowest BCUT2D eigenvalue weighted by Crippen LogP contribution is -2.41. The molecule has 80 valence electrons. The van der Waals surface area contributed by atoms with Gasteiger partial charge in [0, 0.05) is 6.54 Å². The van der Waals surface area contributed by atoms with Gasteiger partial charge < -0.3 is 16.2 Å². The van der Waals surface area contributed by atoms with Crippen molar-refractivity contribution in [2.24, 2.45) is 5.73 Å². The summed E-state index contributed by atoms with van der Waals surface area (Å²) in [6.45, 7) is 0.385. The number of carbonyl (C=O) groups excluding carboxylic acids is 1. The normalized spacial score (nSPS) is 29.6. The molecular formula is C8H14N2O3S. The highest BCUT2D eigenvalue weighted by Crippen LogP contribution is 2.17. The minimum Gasteiger partial charge on any atom is -0.480 e. The van der Waals surface area contributed by atoms with E-state index in [9.17, 15) is 9.59 Å². The molecule has 1 fully saturated rings. The van der Waals surface area contributed by atoms with E-state index in [1.165, 1.54) is 11.8 Å². The highest BCUT2D eigenvalue weighted by molar-refractivity contribution is 8.00. The molecule has 1 rings (SSSR count). The van der Waals surface area contributed by atoms with Crippen LogP contribution < -0.4 is 11.1 Å². The van der Waals surface area contributed by atoms with Crippen LogP contribution in [0.25, 0.3) is 0 Å². The number of carboxylic acids is 1. The fraction of sp³-hybridized carbons (Fsp3) is 0.750. The average molecular weight is 218 g/mol. The van der Waals surface area contributed by atoms with E-state index in [4.69, 9.17) is 10.8 Å². The van der Waals surface area contributed by atoms with E-state index in [1.54, 1.807) is 0 Å². The number of hydrogen-bond donors (Lipinski definition) is 3. The largest absolute Gasteiger partial charge is 0.480 e. The van der Waals surface area contributed by atoms with E-state index in [2.05, 4.69) is 5.32 Å². The second-order valence-electron chi connectivity index (χ2n) is 3.17. The van der Waals surface area contributed by atoms with E-state index in [1.807, 2.05) is 0 Å². The number of amides is 1. The number of hydrogen-bond acceptors (Lipinski definition) is 4. The first-order chi connectivity index (χ1) is 6.61. The van der Waals surface area contributed by atoms with Gasteiger partial charge in [0.15, 0.2) is 0 Å². The molecule has 14 heavy (non-hydrogen) atoms. The Balaban J connectivity index is 2.51. The Hall–Kier alpha value is -0.750. The Labute approximate surface area is 86.4 Å². The van der Waals surface area contributed by atoms with Crippen LogP contribution >= 0.6 is 11.8 Å². The number of aliphatic carboxylic acids is 1. The van der Waals surface area contributed by atoms with Gasteiger partial charge in [-0.2, -0.15) is 0 Å². The van der Waals surface area contributed by atoms with E-state index >= 15 is 0 Å². The molecule has 5 nitrogen and oxygen atoms in total. The molecule has 0 aromatic carbocycles. The van der Waals surface area contributed by atoms with Crippen molar-refractivity contribution < 1.29 is 14.7 Å². The van der Waals surface area contributed by atoms with Crippen LogP contribution in [0, 0.1) is 0 Å².